The second kappa shape index (κ2) is 7.30. The molecule has 138 valence electrons. The zero-order chi connectivity index (χ0) is 18.9. The molecule has 0 saturated carbocycles. The van der Waals surface area contributed by atoms with Crippen molar-refractivity contribution < 1.29 is 10.4 Å². The Labute approximate surface area is 161 Å². The summed E-state index contributed by atoms with van der Waals surface area (Å²) in [5.74, 6) is 0.162. The Morgan fingerprint density at radius 2 is 1.00 bits per heavy atom. The van der Waals surface area contributed by atoms with E-state index in [0.29, 0.717) is 0 Å². The highest BCUT2D eigenvalue weighted by atomic mass is 16.3. The Kier molecular flexibility index (Phi) is 4.86. The van der Waals surface area contributed by atoms with E-state index in [1.165, 1.54) is 11.1 Å². The molecule has 2 heteroatoms. The van der Waals surface area contributed by atoms with Gasteiger partial charge in [0.15, 0.2) is 0 Å². The van der Waals surface area contributed by atoms with Crippen LogP contribution < -0.4 is 5.32 Å². The van der Waals surface area contributed by atoms with Gasteiger partial charge in [-0.15, -0.1) is 0 Å². The largest absolute Gasteiger partial charge is 0.384 e. The lowest BCUT2D eigenvalue weighted by Crippen LogP contribution is -2.93. The van der Waals surface area contributed by atoms with E-state index in [4.69, 9.17) is 0 Å². The molecule has 1 saturated heterocycles. The maximum atomic E-state index is 12.1. The SMILES string of the molecule is C[C@H]1[C@@H](c2ccccc2)[NH2+][C@@H](c2ccccc2)[C@H](C)C1(O)c1ccccc1. The Morgan fingerprint density at radius 1 is 0.630 bits per heavy atom. The molecule has 3 aromatic carbocycles. The maximum absolute atomic E-state index is 12.1. The maximum Gasteiger partial charge on any atom is 0.118 e. The standard InChI is InChI=1S/C25H27NO/c1-18-23(20-12-6-3-7-13-20)26-24(21-14-8-4-9-15-21)19(2)25(18,27)22-16-10-5-11-17-22/h3-19,23-24,26-27H,1-2H3/p+1/t18-,19-,23-,24+,25?/m0/s1. The van der Waals surface area contributed by atoms with Gasteiger partial charge in [-0.3, -0.25) is 0 Å². The first-order valence-electron chi connectivity index (χ1n) is 9.85. The molecular weight excluding hydrogens is 330 g/mol. The summed E-state index contributed by atoms with van der Waals surface area (Å²) in [6.45, 7) is 4.39. The summed E-state index contributed by atoms with van der Waals surface area (Å²) in [5, 5.41) is 14.6. The van der Waals surface area contributed by atoms with Gasteiger partial charge in [0.2, 0.25) is 0 Å². The molecule has 3 N–H and O–H groups in total. The molecule has 3 aromatic rings. The van der Waals surface area contributed by atoms with Crippen LogP contribution in [0.2, 0.25) is 0 Å². The van der Waals surface area contributed by atoms with E-state index >= 15 is 0 Å². The van der Waals surface area contributed by atoms with Gasteiger partial charge in [0.25, 0.3) is 0 Å². The van der Waals surface area contributed by atoms with Crippen LogP contribution in [-0.2, 0) is 5.60 Å². The van der Waals surface area contributed by atoms with Crippen molar-refractivity contribution >= 4 is 0 Å². The third-order valence-corrected chi connectivity index (χ3v) is 6.49. The normalized spacial score (nSPS) is 30.8. The van der Waals surface area contributed by atoms with E-state index < -0.39 is 5.60 Å². The number of aliphatic hydroxyl groups is 1. The van der Waals surface area contributed by atoms with Crippen molar-refractivity contribution in [1.29, 1.82) is 0 Å². The molecule has 2 nitrogen and oxygen atoms in total. The predicted molar refractivity (Wildman–Crippen MR) is 109 cm³/mol. The fraction of sp³-hybridized carbons (Fsp3) is 0.280. The highest BCUT2D eigenvalue weighted by molar-refractivity contribution is 5.30. The van der Waals surface area contributed by atoms with E-state index in [1.54, 1.807) is 0 Å². The van der Waals surface area contributed by atoms with Crippen LogP contribution in [0.4, 0.5) is 0 Å². The Balaban J connectivity index is 1.84. The highest BCUT2D eigenvalue weighted by Gasteiger charge is 2.54. The van der Waals surface area contributed by atoms with Gasteiger partial charge in [0, 0.05) is 23.0 Å². The smallest absolute Gasteiger partial charge is 0.118 e. The second-order valence-corrected chi connectivity index (χ2v) is 7.83. The van der Waals surface area contributed by atoms with Crippen LogP contribution in [0.3, 0.4) is 0 Å². The van der Waals surface area contributed by atoms with Gasteiger partial charge in [-0.25, -0.2) is 0 Å². The lowest BCUT2D eigenvalue weighted by Gasteiger charge is -2.49. The summed E-state index contributed by atoms with van der Waals surface area (Å²) in [7, 11) is 0. The molecule has 1 fully saturated rings. The fourth-order valence-corrected chi connectivity index (χ4v) is 4.90. The first kappa shape index (κ1) is 18.0. The van der Waals surface area contributed by atoms with Gasteiger partial charge in [-0.2, -0.15) is 0 Å². The molecule has 0 spiro atoms. The quantitative estimate of drug-likeness (QED) is 0.723. The van der Waals surface area contributed by atoms with Crippen molar-refractivity contribution in [2.24, 2.45) is 11.8 Å². The van der Waals surface area contributed by atoms with Crippen LogP contribution in [0.15, 0.2) is 91.0 Å². The summed E-state index contributed by atoms with van der Waals surface area (Å²) in [6.07, 6.45) is 0. The average molecular weight is 359 g/mol. The van der Waals surface area contributed by atoms with Crippen molar-refractivity contribution in [3.05, 3.63) is 108 Å². The van der Waals surface area contributed by atoms with Gasteiger partial charge in [0.1, 0.15) is 17.7 Å². The minimum atomic E-state index is -0.892. The third kappa shape index (κ3) is 3.09. The molecule has 0 radical (unpaired) electrons. The van der Waals surface area contributed by atoms with Crippen LogP contribution in [-0.4, -0.2) is 5.11 Å². The molecule has 0 amide bonds. The topological polar surface area (TPSA) is 36.8 Å². The molecule has 0 bridgehead atoms. The first-order chi connectivity index (χ1) is 13.1. The Hall–Kier alpha value is -2.42. The van der Waals surface area contributed by atoms with Gasteiger partial charge >= 0.3 is 0 Å². The predicted octanol–water partition coefficient (Wildman–Crippen LogP) is 4.21. The monoisotopic (exact) mass is 358 g/mol. The Bertz CT molecular complexity index is 811. The lowest BCUT2D eigenvalue weighted by molar-refractivity contribution is -0.765. The number of rotatable bonds is 3. The number of benzene rings is 3. The third-order valence-electron chi connectivity index (χ3n) is 6.49. The molecule has 1 heterocycles. The summed E-state index contributed by atoms with van der Waals surface area (Å²) in [4.78, 5) is 0. The second-order valence-electron chi connectivity index (χ2n) is 7.83. The summed E-state index contributed by atoms with van der Waals surface area (Å²) in [6, 6.07) is 31.8. The molecule has 1 aliphatic heterocycles. The van der Waals surface area contributed by atoms with Gasteiger partial charge in [0.05, 0.1) is 0 Å². The first-order valence-corrected chi connectivity index (χ1v) is 9.85. The lowest BCUT2D eigenvalue weighted by atomic mass is 9.63. The average Bonchev–Trinajstić information content (AvgIpc) is 2.74. The van der Waals surface area contributed by atoms with E-state index in [9.17, 15) is 5.11 Å². The van der Waals surface area contributed by atoms with Gasteiger partial charge < -0.3 is 10.4 Å². The molecule has 1 unspecified atom stereocenters. The van der Waals surface area contributed by atoms with Crippen LogP contribution in [0, 0.1) is 11.8 Å². The van der Waals surface area contributed by atoms with E-state index in [-0.39, 0.29) is 23.9 Å². The van der Waals surface area contributed by atoms with E-state index in [0.717, 1.165) is 5.56 Å². The summed E-state index contributed by atoms with van der Waals surface area (Å²) < 4.78 is 0. The van der Waals surface area contributed by atoms with Crippen molar-refractivity contribution in [3.63, 3.8) is 0 Å². The highest BCUT2D eigenvalue weighted by Crippen LogP contribution is 2.48. The Morgan fingerprint density at radius 3 is 1.41 bits per heavy atom. The molecule has 0 aliphatic carbocycles. The van der Waals surface area contributed by atoms with Crippen LogP contribution in [0.25, 0.3) is 0 Å². The van der Waals surface area contributed by atoms with Crippen molar-refractivity contribution in [1.82, 2.24) is 0 Å². The minimum absolute atomic E-state index is 0.0808. The van der Waals surface area contributed by atoms with Gasteiger partial charge in [-0.05, 0) is 5.56 Å². The molecule has 27 heavy (non-hydrogen) atoms. The van der Waals surface area contributed by atoms with Crippen LogP contribution in [0.5, 0.6) is 0 Å². The number of piperidine rings is 1. The molecule has 0 aromatic heterocycles. The minimum Gasteiger partial charge on any atom is -0.384 e. The summed E-state index contributed by atoms with van der Waals surface area (Å²) >= 11 is 0. The molecule has 5 atom stereocenters. The number of nitrogens with two attached hydrogens (primary N) is 1. The van der Waals surface area contributed by atoms with Crippen LogP contribution in [0.1, 0.15) is 42.6 Å². The zero-order valence-electron chi connectivity index (χ0n) is 16.0. The van der Waals surface area contributed by atoms with Gasteiger partial charge in [-0.1, -0.05) is 105 Å². The number of hydrogen-bond donors (Lipinski definition) is 2. The molecule has 4 rings (SSSR count). The molecular formula is C25H28NO+. The van der Waals surface area contributed by atoms with Crippen molar-refractivity contribution in [2.75, 3.05) is 0 Å². The van der Waals surface area contributed by atoms with E-state index in [2.05, 4.69) is 92.0 Å². The van der Waals surface area contributed by atoms with Crippen molar-refractivity contribution in [3.8, 4) is 0 Å². The van der Waals surface area contributed by atoms with E-state index in [1.807, 2.05) is 18.2 Å². The fourth-order valence-electron chi connectivity index (χ4n) is 4.90. The summed E-state index contributed by atoms with van der Waals surface area (Å²) in [5.41, 5.74) is 2.66. The zero-order valence-corrected chi connectivity index (χ0v) is 16.0. The van der Waals surface area contributed by atoms with Crippen molar-refractivity contribution in [2.45, 2.75) is 31.5 Å². The van der Waals surface area contributed by atoms with Crippen LogP contribution >= 0.6 is 0 Å². The molecule has 1 aliphatic rings. The number of quaternary nitrogens is 1. The number of hydrogen-bond acceptors (Lipinski definition) is 1.